The summed E-state index contributed by atoms with van der Waals surface area (Å²) in [4.78, 5) is 2.69. The number of nitrogens with one attached hydrogen (secondary N) is 1. The lowest BCUT2D eigenvalue weighted by Crippen LogP contribution is -2.64. The minimum Gasteiger partial charge on any atom is -0.311 e. The summed E-state index contributed by atoms with van der Waals surface area (Å²) in [6, 6.07) is 0.677. The van der Waals surface area contributed by atoms with E-state index in [1.165, 1.54) is 25.9 Å². The molecule has 1 heterocycles. The second-order valence-corrected chi connectivity index (χ2v) is 5.53. The number of hydrogen-bond acceptors (Lipinski definition) is 2. The molecule has 1 N–H and O–H groups in total. The first-order valence-corrected chi connectivity index (χ1v) is 6.52. The van der Waals surface area contributed by atoms with Crippen molar-refractivity contribution in [2.24, 2.45) is 5.92 Å². The Labute approximate surface area is 95.4 Å². The van der Waals surface area contributed by atoms with Crippen LogP contribution in [-0.2, 0) is 0 Å². The van der Waals surface area contributed by atoms with Crippen molar-refractivity contribution in [3.05, 3.63) is 0 Å². The van der Waals surface area contributed by atoms with Gasteiger partial charge in [0.15, 0.2) is 0 Å². The summed E-state index contributed by atoms with van der Waals surface area (Å²) in [5, 5.41) is 3.71. The van der Waals surface area contributed by atoms with Crippen molar-refractivity contribution in [1.29, 1.82) is 0 Å². The predicted molar refractivity (Wildman–Crippen MR) is 67.2 cm³/mol. The van der Waals surface area contributed by atoms with E-state index in [1.54, 1.807) is 0 Å². The second-order valence-electron chi connectivity index (χ2n) is 5.53. The lowest BCUT2D eigenvalue weighted by Gasteiger charge is -2.49. The molecule has 1 saturated heterocycles. The molecule has 0 aliphatic carbocycles. The van der Waals surface area contributed by atoms with E-state index in [2.05, 4.69) is 44.8 Å². The molecule has 1 fully saturated rings. The van der Waals surface area contributed by atoms with Gasteiger partial charge < -0.3 is 5.32 Å². The Morgan fingerprint density at radius 2 is 2.07 bits per heavy atom. The van der Waals surface area contributed by atoms with Crippen LogP contribution >= 0.6 is 0 Å². The summed E-state index contributed by atoms with van der Waals surface area (Å²) in [5.74, 6) is 0.741. The summed E-state index contributed by atoms with van der Waals surface area (Å²) in [6.07, 6.45) is 2.51. The van der Waals surface area contributed by atoms with Gasteiger partial charge in [-0.1, -0.05) is 27.7 Å². The zero-order valence-electron chi connectivity index (χ0n) is 11.1. The van der Waals surface area contributed by atoms with E-state index in [-0.39, 0.29) is 0 Å². The fraction of sp³-hybridized carbons (Fsp3) is 1.00. The predicted octanol–water partition coefficient (Wildman–Crippen LogP) is 2.49. The fourth-order valence-electron chi connectivity index (χ4n) is 2.41. The van der Waals surface area contributed by atoms with Crippen LogP contribution in [0.2, 0.25) is 0 Å². The molecule has 0 saturated carbocycles. The van der Waals surface area contributed by atoms with Gasteiger partial charge in [0.2, 0.25) is 0 Å². The van der Waals surface area contributed by atoms with Crippen LogP contribution < -0.4 is 5.32 Å². The second kappa shape index (κ2) is 5.31. The van der Waals surface area contributed by atoms with Crippen LogP contribution in [-0.4, -0.2) is 36.1 Å². The molecule has 0 aromatic carbocycles. The maximum atomic E-state index is 3.71. The summed E-state index contributed by atoms with van der Waals surface area (Å²) >= 11 is 0. The van der Waals surface area contributed by atoms with Crippen molar-refractivity contribution in [3.63, 3.8) is 0 Å². The van der Waals surface area contributed by atoms with Gasteiger partial charge in [-0.25, -0.2) is 0 Å². The minimum absolute atomic E-state index is 0.376. The third-order valence-corrected chi connectivity index (χ3v) is 3.99. The first-order valence-electron chi connectivity index (χ1n) is 6.52. The lowest BCUT2D eigenvalue weighted by molar-refractivity contribution is 0.0388. The molecule has 15 heavy (non-hydrogen) atoms. The molecule has 1 aliphatic heterocycles. The summed E-state index contributed by atoms with van der Waals surface area (Å²) in [6.45, 7) is 15.2. The molecule has 0 aromatic rings. The summed E-state index contributed by atoms with van der Waals surface area (Å²) in [5.41, 5.74) is 0.376. The Balaban J connectivity index is 2.65. The summed E-state index contributed by atoms with van der Waals surface area (Å²) < 4.78 is 0. The monoisotopic (exact) mass is 212 g/mol. The molecule has 1 aliphatic rings. The highest BCUT2D eigenvalue weighted by Crippen LogP contribution is 2.24. The molecule has 90 valence electrons. The quantitative estimate of drug-likeness (QED) is 0.770. The molecule has 2 unspecified atom stereocenters. The normalized spacial score (nSPS) is 33.6. The molecular weight excluding hydrogens is 184 g/mol. The molecule has 0 bridgehead atoms. The van der Waals surface area contributed by atoms with Crippen LogP contribution in [0.4, 0.5) is 0 Å². The van der Waals surface area contributed by atoms with E-state index in [1.807, 2.05) is 0 Å². The Kier molecular flexibility index (Phi) is 4.60. The number of rotatable bonds is 4. The molecule has 0 spiro atoms. The van der Waals surface area contributed by atoms with Crippen molar-refractivity contribution in [1.82, 2.24) is 10.2 Å². The molecule has 0 aromatic heterocycles. The van der Waals surface area contributed by atoms with Gasteiger partial charge in [0.25, 0.3) is 0 Å². The largest absolute Gasteiger partial charge is 0.311 e. The van der Waals surface area contributed by atoms with Crippen LogP contribution in [0.15, 0.2) is 0 Å². The van der Waals surface area contributed by atoms with Gasteiger partial charge >= 0.3 is 0 Å². The maximum absolute atomic E-state index is 3.71. The topological polar surface area (TPSA) is 15.3 Å². The fourth-order valence-corrected chi connectivity index (χ4v) is 2.41. The number of piperazine rings is 1. The van der Waals surface area contributed by atoms with E-state index >= 15 is 0 Å². The van der Waals surface area contributed by atoms with Crippen molar-refractivity contribution < 1.29 is 0 Å². The van der Waals surface area contributed by atoms with Gasteiger partial charge in [0.1, 0.15) is 0 Å². The highest BCUT2D eigenvalue weighted by Gasteiger charge is 2.36. The average molecular weight is 212 g/mol. The highest BCUT2D eigenvalue weighted by molar-refractivity contribution is 4.95. The van der Waals surface area contributed by atoms with Gasteiger partial charge in [0, 0.05) is 24.7 Å². The van der Waals surface area contributed by atoms with Crippen LogP contribution in [0.1, 0.15) is 47.5 Å². The van der Waals surface area contributed by atoms with E-state index in [0.717, 1.165) is 12.5 Å². The first-order chi connectivity index (χ1) is 7.03. The number of hydrogen-bond donors (Lipinski definition) is 1. The van der Waals surface area contributed by atoms with Gasteiger partial charge in [-0.3, -0.25) is 4.90 Å². The molecule has 2 heteroatoms. The van der Waals surface area contributed by atoms with Crippen molar-refractivity contribution in [3.8, 4) is 0 Å². The molecule has 0 amide bonds. The van der Waals surface area contributed by atoms with Crippen molar-refractivity contribution in [2.45, 2.75) is 59.0 Å². The molecule has 0 radical (unpaired) electrons. The smallest absolute Gasteiger partial charge is 0.0303 e. The third kappa shape index (κ3) is 2.94. The Morgan fingerprint density at radius 1 is 1.40 bits per heavy atom. The van der Waals surface area contributed by atoms with E-state index in [0.29, 0.717) is 11.6 Å². The van der Waals surface area contributed by atoms with Crippen LogP contribution in [0, 0.1) is 5.92 Å². The highest BCUT2D eigenvalue weighted by atomic mass is 15.3. The van der Waals surface area contributed by atoms with Gasteiger partial charge in [-0.15, -0.1) is 0 Å². The Hall–Kier alpha value is -0.0800. The van der Waals surface area contributed by atoms with Crippen LogP contribution in [0.25, 0.3) is 0 Å². The van der Waals surface area contributed by atoms with Crippen LogP contribution in [0.3, 0.4) is 0 Å². The Morgan fingerprint density at radius 3 is 2.53 bits per heavy atom. The molecule has 1 rings (SSSR count). The zero-order valence-corrected chi connectivity index (χ0v) is 11.1. The van der Waals surface area contributed by atoms with E-state index in [9.17, 15) is 0 Å². The minimum atomic E-state index is 0.376. The molecule has 2 nitrogen and oxygen atoms in total. The first kappa shape index (κ1) is 13.0. The zero-order chi connectivity index (χ0) is 11.5. The Bertz CT molecular complexity index is 191. The van der Waals surface area contributed by atoms with Crippen molar-refractivity contribution >= 4 is 0 Å². The van der Waals surface area contributed by atoms with E-state index < -0.39 is 0 Å². The third-order valence-electron chi connectivity index (χ3n) is 3.99. The van der Waals surface area contributed by atoms with Gasteiger partial charge in [-0.2, -0.15) is 0 Å². The van der Waals surface area contributed by atoms with Crippen LogP contribution in [0.5, 0.6) is 0 Å². The van der Waals surface area contributed by atoms with Crippen molar-refractivity contribution in [2.75, 3.05) is 19.6 Å². The SMILES string of the molecule is CCCN1CC(C(C)C)NCC1(C)CC. The molecular formula is C13H28N2. The summed E-state index contributed by atoms with van der Waals surface area (Å²) in [7, 11) is 0. The molecule has 2 atom stereocenters. The lowest BCUT2D eigenvalue weighted by atomic mass is 9.89. The number of nitrogens with zero attached hydrogens (tertiary/aromatic N) is 1. The van der Waals surface area contributed by atoms with E-state index in [4.69, 9.17) is 0 Å². The maximum Gasteiger partial charge on any atom is 0.0303 e. The average Bonchev–Trinajstić information content (AvgIpc) is 2.21. The van der Waals surface area contributed by atoms with Gasteiger partial charge in [0.05, 0.1) is 0 Å². The van der Waals surface area contributed by atoms with Gasteiger partial charge in [-0.05, 0) is 32.2 Å². The standard InChI is InChI=1S/C13H28N2/c1-6-8-15-9-12(11(3)4)14-10-13(15,5)7-2/h11-12,14H,6-10H2,1-5H3.